The molecule has 0 aromatic heterocycles. The fourth-order valence-corrected chi connectivity index (χ4v) is 2.70. The molecule has 0 aliphatic rings. The van der Waals surface area contributed by atoms with E-state index in [1.54, 1.807) is 36.4 Å². The first-order chi connectivity index (χ1) is 13.5. The topological polar surface area (TPSA) is 58.9 Å². The molecule has 2 unspecified atom stereocenters. The van der Waals surface area contributed by atoms with Gasteiger partial charge in [0.15, 0.2) is 6.10 Å². The molecule has 0 fully saturated rings. The molecule has 2 atom stereocenters. The Morgan fingerprint density at radius 3 is 1.62 bits per heavy atom. The third-order valence-corrected chi connectivity index (χ3v) is 4.91. The molecule has 0 aliphatic heterocycles. The van der Waals surface area contributed by atoms with Gasteiger partial charge in [-0.05, 0) is 35.4 Å². The van der Waals surface area contributed by atoms with Crippen molar-refractivity contribution < 1.29 is 32.9 Å². The maximum Gasteiger partial charge on any atom is 0.417 e. The van der Waals surface area contributed by atoms with Gasteiger partial charge in [-0.15, -0.1) is 11.6 Å². The SMILES string of the molecule is CC(C)(c1ccc(OCC(O)CCl)cc1)c1ccc(OCC(O)C(F)(F)F)cc1. The lowest BCUT2D eigenvalue weighted by Gasteiger charge is -2.26. The molecule has 8 heteroatoms. The highest BCUT2D eigenvalue weighted by Crippen LogP contribution is 2.33. The standard InChI is InChI=1S/C21H24ClF3O4/c1-20(2,14-3-7-17(8-4-14)28-12-16(26)11-22)15-5-9-18(10-6-15)29-13-19(27)21(23,24)25/h3-10,16,19,26-27H,11-13H2,1-2H3. The van der Waals surface area contributed by atoms with Crippen molar-refractivity contribution in [3.63, 3.8) is 0 Å². The lowest BCUT2D eigenvalue weighted by Crippen LogP contribution is -2.34. The Bertz CT molecular complexity index is 761. The molecule has 29 heavy (non-hydrogen) atoms. The van der Waals surface area contributed by atoms with Gasteiger partial charge in [0.25, 0.3) is 0 Å². The monoisotopic (exact) mass is 432 g/mol. The van der Waals surface area contributed by atoms with E-state index in [-0.39, 0.29) is 23.7 Å². The van der Waals surface area contributed by atoms with Crippen LogP contribution in [0.1, 0.15) is 25.0 Å². The van der Waals surface area contributed by atoms with Crippen LogP contribution in [0.15, 0.2) is 48.5 Å². The zero-order valence-corrected chi connectivity index (χ0v) is 16.9. The lowest BCUT2D eigenvalue weighted by atomic mass is 9.78. The highest BCUT2D eigenvalue weighted by molar-refractivity contribution is 6.18. The average molecular weight is 433 g/mol. The molecule has 160 valence electrons. The van der Waals surface area contributed by atoms with Crippen LogP contribution in [0.5, 0.6) is 11.5 Å². The number of ether oxygens (including phenoxy) is 2. The minimum atomic E-state index is -4.71. The fraction of sp³-hybridized carbons (Fsp3) is 0.429. The van der Waals surface area contributed by atoms with Gasteiger partial charge in [0.05, 0.1) is 5.88 Å². The molecule has 0 saturated carbocycles. The molecule has 0 saturated heterocycles. The second-order valence-electron chi connectivity index (χ2n) is 7.16. The van der Waals surface area contributed by atoms with Gasteiger partial charge in [0, 0.05) is 5.41 Å². The number of hydrogen-bond donors (Lipinski definition) is 2. The second kappa shape index (κ2) is 9.69. The van der Waals surface area contributed by atoms with E-state index in [0.29, 0.717) is 5.75 Å². The average Bonchev–Trinajstić information content (AvgIpc) is 2.70. The number of aliphatic hydroxyl groups is 2. The summed E-state index contributed by atoms with van der Waals surface area (Å²) < 4.78 is 47.5. The number of alkyl halides is 4. The van der Waals surface area contributed by atoms with Crippen LogP contribution in [-0.2, 0) is 5.41 Å². The highest BCUT2D eigenvalue weighted by atomic mass is 35.5. The Morgan fingerprint density at radius 1 is 0.828 bits per heavy atom. The second-order valence-corrected chi connectivity index (χ2v) is 7.47. The number of hydrogen-bond acceptors (Lipinski definition) is 4. The zero-order valence-electron chi connectivity index (χ0n) is 16.1. The molecule has 0 bridgehead atoms. The van der Waals surface area contributed by atoms with Gasteiger partial charge in [0.1, 0.15) is 30.8 Å². The van der Waals surface area contributed by atoms with Crippen molar-refractivity contribution >= 4 is 11.6 Å². The molecule has 2 aromatic carbocycles. The molecular weight excluding hydrogens is 409 g/mol. The molecular formula is C21H24ClF3O4. The maximum atomic E-state index is 12.3. The van der Waals surface area contributed by atoms with E-state index >= 15 is 0 Å². The summed E-state index contributed by atoms with van der Waals surface area (Å²) in [6, 6.07) is 14.1. The van der Waals surface area contributed by atoms with Gasteiger partial charge >= 0.3 is 6.18 Å². The van der Waals surface area contributed by atoms with Crippen LogP contribution in [0.25, 0.3) is 0 Å². The van der Waals surface area contributed by atoms with E-state index < -0.39 is 25.0 Å². The van der Waals surface area contributed by atoms with Gasteiger partial charge < -0.3 is 19.7 Å². The molecule has 2 aromatic rings. The minimum absolute atomic E-state index is 0.0972. The molecule has 0 heterocycles. The summed E-state index contributed by atoms with van der Waals surface area (Å²) in [6.07, 6.45) is -7.96. The summed E-state index contributed by atoms with van der Waals surface area (Å²) in [5, 5.41) is 18.4. The van der Waals surface area contributed by atoms with Gasteiger partial charge in [-0.2, -0.15) is 13.2 Å². The third-order valence-electron chi connectivity index (χ3n) is 4.56. The number of aliphatic hydroxyl groups excluding tert-OH is 2. The van der Waals surface area contributed by atoms with E-state index in [0.717, 1.165) is 11.1 Å². The van der Waals surface area contributed by atoms with E-state index in [1.165, 1.54) is 0 Å². The van der Waals surface area contributed by atoms with Gasteiger partial charge in [-0.1, -0.05) is 38.1 Å². The number of rotatable bonds is 9. The summed E-state index contributed by atoms with van der Waals surface area (Å²) in [5.41, 5.74) is 1.56. The van der Waals surface area contributed by atoms with Crippen LogP contribution in [-0.4, -0.2) is 47.7 Å². The Kier molecular flexibility index (Phi) is 7.80. The Morgan fingerprint density at radius 2 is 1.24 bits per heavy atom. The summed E-state index contributed by atoms with van der Waals surface area (Å²) >= 11 is 5.54. The minimum Gasteiger partial charge on any atom is -0.491 e. The molecule has 0 spiro atoms. The summed E-state index contributed by atoms with van der Waals surface area (Å²) in [5.74, 6) is 0.954. The van der Waals surface area contributed by atoms with Crippen LogP contribution in [0.2, 0.25) is 0 Å². The molecule has 0 aliphatic carbocycles. The van der Waals surface area contributed by atoms with E-state index in [1.807, 2.05) is 26.0 Å². The van der Waals surface area contributed by atoms with Crippen LogP contribution in [0.4, 0.5) is 13.2 Å². The fourth-order valence-electron chi connectivity index (χ4n) is 2.61. The van der Waals surface area contributed by atoms with Crippen molar-refractivity contribution in [2.24, 2.45) is 0 Å². The predicted molar refractivity (Wildman–Crippen MR) is 105 cm³/mol. The smallest absolute Gasteiger partial charge is 0.417 e. The quantitative estimate of drug-likeness (QED) is 0.580. The van der Waals surface area contributed by atoms with Crippen LogP contribution in [0, 0.1) is 0 Å². The van der Waals surface area contributed by atoms with E-state index in [9.17, 15) is 18.3 Å². The van der Waals surface area contributed by atoms with Crippen molar-refractivity contribution in [3.8, 4) is 11.5 Å². The predicted octanol–water partition coefficient (Wildman–Crippen LogP) is 4.29. The summed E-state index contributed by atoms with van der Waals surface area (Å²) in [7, 11) is 0. The first kappa shape index (κ1) is 23.3. The van der Waals surface area contributed by atoms with Gasteiger partial charge in [0.2, 0.25) is 0 Å². The van der Waals surface area contributed by atoms with Crippen molar-refractivity contribution in [1.82, 2.24) is 0 Å². The van der Waals surface area contributed by atoms with Crippen molar-refractivity contribution in [2.45, 2.75) is 37.6 Å². The van der Waals surface area contributed by atoms with Gasteiger partial charge in [-0.3, -0.25) is 0 Å². The number of benzene rings is 2. The summed E-state index contributed by atoms with van der Waals surface area (Å²) in [6.45, 7) is 3.29. The lowest BCUT2D eigenvalue weighted by molar-refractivity contribution is -0.210. The van der Waals surface area contributed by atoms with Crippen molar-refractivity contribution in [2.75, 3.05) is 19.1 Å². The van der Waals surface area contributed by atoms with Crippen LogP contribution < -0.4 is 9.47 Å². The Labute approximate surface area is 172 Å². The van der Waals surface area contributed by atoms with E-state index in [4.69, 9.17) is 26.2 Å². The Hall–Kier alpha value is -1.96. The van der Waals surface area contributed by atoms with Crippen LogP contribution in [0.3, 0.4) is 0 Å². The van der Waals surface area contributed by atoms with Crippen LogP contribution >= 0.6 is 11.6 Å². The van der Waals surface area contributed by atoms with Gasteiger partial charge in [-0.25, -0.2) is 0 Å². The first-order valence-electron chi connectivity index (χ1n) is 8.99. The maximum absolute atomic E-state index is 12.3. The van der Waals surface area contributed by atoms with Crippen molar-refractivity contribution in [3.05, 3.63) is 59.7 Å². The molecule has 2 rings (SSSR count). The van der Waals surface area contributed by atoms with E-state index in [2.05, 4.69) is 0 Å². The largest absolute Gasteiger partial charge is 0.491 e. The normalized spacial score (nSPS) is 14.3. The van der Waals surface area contributed by atoms with Crippen molar-refractivity contribution in [1.29, 1.82) is 0 Å². The first-order valence-corrected chi connectivity index (χ1v) is 9.53. The zero-order chi connectivity index (χ0) is 21.7. The number of halogens is 4. The molecule has 2 N–H and O–H groups in total. The Balaban J connectivity index is 2.03. The summed E-state index contributed by atoms with van der Waals surface area (Å²) in [4.78, 5) is 0. The molecule has 4 nitrogen and oxygen atoms in total. The molecule has 0 radical (unpaired) electrons. The molecule has 0 amide bonds. The highest BCUT2D eigenvalue weighted by Gasteiger charge is 2.38. The third kappa shape index (κ3) is 6.52.